The van der Waals surface area contributed by atoms with E-state index in [1.165, 1.54) is 16.8 Å². The van der Waals surface area contributed by atoms with Crippen LogP contribution in [0.1, 0.15) is 25.7 Å². The van der Waals surface area contributed by atoms with E-state index in [0.29, 0.717) is 0 Å². The highest BCUT2D eigenvalue weighted by Gasteiger charge is 2.25. The summed E-state index contributed by atoms with van der Waals surface area (Å²) in [5, 5.41) is 0. The Morgan fingerprint density at radius 1 is 0.967 bits per heavy atom. The van der Waals surface area contributed by atoms with Gasteiger partial charge in [-0.15, -0.1) is 11.3 Å². The van der Waals surface area contributed by atoms with E-state index >= 15 is 0 Å². The molecule has 1 aromatic heterocycles. The third-order valence-electron chi connectivity index (χ3n) is 6.01. The first-order valence-electron chi connectivity index (χ1n) is 10.3. The SMILES string of the molecule is COc1ccc(-c2cc(C(=O)N3CCN(c4cccc(C)c4C)CC3)sc2C)cc1. The molecule has 0 unspecified atom stereocenters. The maximum Gasteiger partial charge on any atom is 0.264 e. The molecule has 1 aliphatic heterocycles. The van der Waals surface area contributed by atoms with Gasteiger partial charge in [-0.05, 0) is 67.3 Å². The summed E-state index contributed by atoms with van der Waals surface area (Å²) in [6.07, 6.45) is 0. The molecule has 0 N–H and O–H groups in total. The van der Waals surface area contributed by atoms with Crippen molar-refractivity contribution in [3.8, 4) is 16.9 Å². The Balaban J connectivity index is 1.46. The molecule has 4 nitrogen and oxygen atoms in total. The number of hydrogen-bond acceptors (Lipinski definition) is 4. The van der Waals surface area contributed by atoms with E-state index in [0.717, 1.165) is 52.8 Å². The summed E-state index contributed by atoms with van der Waals surface area (Å²) in [7, 11) is 1.67. The summed E-state index contributed by atoms with van der Waals surface area (Å²) >= 11 is 1.59. The molecule has 1 fully saturated rings. The van der Waals surface area contributed by atoms with Gasteiger partial charge in [0.2, 0.25) is 0 Å². The molecule has 2 heterocycles. The fourth-order valence-corrected chi connectivity index (χ4v) is 5.04. The van der Waals surface area contributed by atoms with Crippen LogP contribution in [0.25, 0.3) is 11.1 Å². The van der Waals surface area contributed by atoms with Gasteiger partial charge in [0.25, 0.3) is 5.91 Å². The molecule has 4 rings (SSSR count). The number of benzene rings is 2. The lowest BCUT2D eigenvalue weighted by atomic mass is 10.1. The Hall–Kier alpha value is -2.79. The van der Waals surface area contributed by atoms with Crippen LogP contribution in [-0.4, -0.2) is 44.1 Å². The number of carbonyl (C=O) groups excluding carboxylic acids is 1. The number of thiophene rings is 1. The molecule has 1 amide bonds. The average Bonchev–Trinajstić information content (AvgIpc) is 3.17. The lowest BCUT2D eigenvalue weighted by Crippen LogP contribution is -2.48. The van der Waals surface area contributed by atoms with E-state index in [4.69, 9.17) is 4.74 Å². The Morgan fingerprint density at radius 2 is 1.67 bits per heavy atom. The van der Waals surface area contributed by atoms with Crippen molar-refractivity contribution in [3.63, 3.8) is 0 Å². The van der Waals surface area contributed by atoms with Crippen LogP contribution in [0.5, 0.6) is 5.75 Å². The lowest BCUT2D eigenvalue weighted by Gasteiger charge is -2.37. The quantitative estimate of drug-likeness (QED) is 0.573. The van der Waals surface area contributed by atoms with E-state index in [-0.39, 0.29) is 5.91 Å². The summed E-state index contributed by atoms with van der Waals surface area (Å²) in [6.45, 7) is 9.65. The molecular formula is C25H28N2O2S. The molecule has 1 saturated heterocycles. The topological polar surface area (TPSA) is 32.8 Å². The number of carbonyl (C=O) groups is 1. The highest BCUT2D eigenvalue weighted by atomic mass is 32.1. The van der Waals surface area contributed by atoms with Crippen molar-refractivity contribution in [2.45, 2.75) is 20.8 Å². The monoisotopic (exact) mass is 420 g/mol. The number of hydrogen-bond donors (Lipinski definition) is 0. The molecule has 0 bridgehead atoms. The number of rotatable bonds is 4. The first kappa shape index (κ1) is 20.5. The molecule has 2 aromatic carbocycles. The number of anilines is 1. The van der Waals surface area contributed by atoms with Gasteiger partial charge in [0, 0.05) is 36.7 Å². The molecule has 30 heavy (non-hydrogen) atoms. The number of nitrogens with zero attached hydrogens (tertiary/aromatic N) is 2. The largest absolute Gasteiger partial charge is 0.497 e. The second kappa shape index (κ2) is 8.52. The maximum atomic E-state index is 13.2. The molecule has 1 aliphatic rings. The minimum absolute atomic E-state index is 0.142. The van der Waals surface area contributed by atoms with E-state index in [9.17, 15) is 4.79 Å². The molecule has 0 atom stereocenters. The number of aryl methyl sites for hydroxylation is 2. The van der Waals surface area contributed by atoms with Crippen molar-refractivity contribution in [1.82, 2.24) is 4.90 Å². The molecule has 0 spiro atoms. The van der Waals surface area contributed by atoms with Crippen molar-refractivity contribution in [2.75, 3.05) is 38.2 Å². The molecule has 0 aliphatic carbocycles. The Bertz CT molecular complexity index is 1050. The fraction of sp³-hybridized carbons (Fsp3) is 0.320. The van der Waals surface area contributed by atoms with Gasteiger partial charge in [-0.1, -0.05) is 24.3 Å². The summed E-state index contributed by atoms with van der Waals surface area (Å²) in [5.41, 5.74) is 6.17. The number of ether oxygens (including phenoxy) is 1. The third kappa shape index (κ3) is 3.94. The van der Waals surface area contributed by atoms with Gasteiger partial charge in [-0.25, -0.2) is 0 Å². The second-order valence-corrected chi connectivity index (χ2v) is 9.06. The Labute approximate surface area is 182 Å². The average molecular weight is 421 g/mol. The normalized spacial score (nSPS) is 14.1. The van der Waals surface area contributed by atoms with Gasteiger partial charge in [-0.3, -0.25) is 4.79 Å². The molecule has 5 heteroatoms. The Kier molecular flexibility index (Phi) is 5.82. The van der Waals surface area contributed by atoms with Gasteiger partial charge in [0.1, 0.15) is 5.75 Å². The second-order valence-electron chi connectivity index (χ2n) is 7.81. The van der Waals surface area contributed by atoms with Crippen LogP contribution in [0.3, 0.4) is 0 Å². The van der Waals surface area contributed by atoms with Crippen LogP contribution >= 0.6 is 11.3 Å². The van der Waals surface area contributed by atoms with Crippen LogP contribution in [0.4, 0.5) is 5.69 Å². The molecule has 156 valence electrons. The highest BCUT2D eigenvalue weighted by molar-refractivity contribution is 7.14. The van der Waals surface area contributed by atoms with Crippen molar-refractivity contribution in [3.05, 3.63) is 69.4 Å². The fourth-order valence-electron chi connectivity index (χ4n) is 4.03. The van der Waals surface area contributed by atoms with Crippen molar-refractivity contribution >= 4 is 22.9 Å². The van der Waals surface area contributed by atoms with Gasteiger partial charge in [0.15, 0.2) is 0 Å². The smallest absolute Gasteiger partial charge is 0.264 e. The zero-order valence-corrected chi connectivity index (χ0v) is 18.9. The summed E-state index contributed by atoms with van der Waals surface area (Å²) in [5.74, 6) is 0.980. The lowest BCUT2D eigenvalue weighted by molar-refractivity contribution is 0.0751. The Morgan fingerprint density at radius 3 is 2.33 bits per heavy atom. The van der Waals surface area contributed by atoms with Gasteiger partial charge in [-0.2, -0.15) is 0 Å². The van der Waals surface area contributed by atoms with Crippen LogP contribution in [0, 0.1) is 20.8 Å². The minimum atomic E-state index is 0.142. The molecular weight excluding hydrogens is 392 g/mol. The number of amides is 1. The van der Waals surface area contributed by atoms with Crippen molar-refractivity contribution in [1.29, 1.82) is 0 Å². The minimum Gasteiger partial charge on any atom is -0.497 e. The van der Waals surface area contributed by atoms with E-state index in [2.05, 4.69) is 43.9 Å². The van der Waals surface area contributed by atoms with E-state index in [1.54, 1.807) is 18.4 Å². The van der Waals surface area contributed by atoms with Crippen LogP contribution in [-0.2, 0) is 0 Å². The standard InChI is InChI=1S/C25H28N2O2S/c1-17-6-5-7-23(18(17)2)26-12-14-27(15-13-26)25(28)24-16-22(19(3)30-24)20-8-10-21(29-4)11-9-20/h5-11,16H,12-15H2,1-4H3. The highest BCUT2D eigenvalue weighted by Crippen LogP contribution is 2.33. The first-order chi connectivity index (χ1) is 14.5. The molecule has 0 saturated carbocycles. The zero-order valence-electron chi connectivity index (χ0n) is 18.1. The first-order valence-corrected chi connectivity index (χ1v) is 11.1. The predicted octanol–water partition coefficient (Wildman–Crippen LogP) is 5.31. The van der Waals surface area contributed by atoms with Crippen molar-refractivity contribution in [2.24, 2.45) is 0 Å². The number of methoxy groups -OCH3 is 1. The van der Waals surface area contributed by atoms with Crippen LogP contribution in [0.2, 0.25) is 0 Å². The van der Waals surface area contributed by atoms with E-state index in [1.807, 2.05) is 35.2 Å². The van der Waals surface area contributed by atoms with Gasteiger partial charge in [0.05, 0.1) is 12.0 Å². The molecule has 3 aromatic rings. The number of piperazine rings is 1. The van der Waals surface area contributed by atoms with Gasteiger partial charge >= 0.3 is 0 Å². The third-order valence-corrected chi connectivity index (χ3v) is 7.05. The van der Waals surface area contributed by atoms with Crippen LogP contribution in [0.15, 0.2) is 48.5 Å². The van der Waals surface area contributed by atoms with Crippen LogP contribution < -0.4 is 9.64 Å². The maximum absolute atomic E-state index is 13.2. The van der Waals surface area contributed by atoms with Crippen molar-refractivity contribution < 1.29 is 9.53 Å². The molecule has 0 radical (unpaired) electrons. The summed E-state index contributed by atoms with van der Waals surface area (Å²) in [6, 6.07) is 16.5. The predicted molar refractivity (Wildman–Crippen MR) is 125 cm³/mol. The van der Waals surface area contributed by atoms with Gasteiger partial charge < -0.3 is 14.5 Å². The van der Waals surface area contributed by atoms with E-state index < -0.39 is 0 Å². The summed E-state index contributed by atoms with van der Waals surface area (Å²) in [4.78, 5) is 19.5. The summed E-state index contributed by atoms with van der Waals surface area (Å²) < 4.78 is 5.25. The zero-order chi connectivity index (χ0) is 21.3.